The van der Waals surface area contributed by atoms with Crippen molar-refractivity contribution in [2.75, 3.05) is 27.2 Å². The maximum absolute atomic E-state index is 14.0. The van der Waals surface area contributed by atoms with Crippen LogP contribution in [0.1, 0.15) is 91.4 Å². The molecule has 5 atom stereocenters. The number of nitrogens with one attached hydrogen (secondary N) is 4. The fourth-order valence-electron chi connectivity index (χ4n) is 6.91. The SMILES string of the molecule is CN(C)C(=O)C(NC(=O)CNC(=O)C(=O)C(CCC(F)(F)F)NC(=O)C1CCCN1C(=O)C(NC(=O)OC(C)(C)C)C1CCCCC1)C1C=CC=CCC1. The molecule has 0 aromatic heterocycles. The Balaban J connectivity index is 1.72. The summed E-state index contributed by atoms with van der Waals surface area (Å²) < 4.78 is 45.4. The van der Waals surface area contributed by atoms with E-state index in [-0.39, 0.29) is 24.8 Å². The monoisotopic (exact) mass is 768 g/mol. The second-order valence-corrected chi connectivity index (χ2v) is 15.3. The average molecular weight is 769 g/mol. The van der Waals surface area contributed by atoms with E-state index < -0.39 is 96.7 Å². The van der Waals surface area contributed by atoms with Crippen LogP contribution < -0.4 is 21.3 Å². The lowest BCUT2D eigenvalue weighted by Crippen LogP contribution is -2.58. The number of alkyl halides is 3. The van der Waals surface area contributed by atoms with Crippen molar-refractivity contribution in [3.63, 3.8) is 0 Å². The van der Waals surface area contributed by atoms with Crippen LogP contribution in [-0.2, 0) is 33.5 Å². The minimum atomic E-state index is -4.73. The van der Waals surface area contributed by atoms with Gasteiger partial charge in [0.25, 0.3) is 5.91 Å². The predicted octanol–water partition coefficient (Wildman–Crippen LogP) is 3.06. The third-order valence-corrected chi connectivity index (χ3v) is 9.60. The summed E-state index contributed by atoms with van der Waals surface area (Å²) in [5, 5.41) is 9.62. The minimum absolute atomic E-state index is 0.122. The van der Waals surface area contributed by atoms with Crippen LogP contribution in [0.3, 0.4) is 0 Å². The second-order valence-electron chi connectivity index (χ2n) is 15.3. The molecule has 0 aromatic rings. The Kier molecular flexibility index (Phi) is 16.1. The van der Waals surface area contributed by atoms with E-state index in [4.69, 9.17) is 4.74 Å². The van der Waals surface area contributed by atoms with Crippen LogP contribution in [0.15, 0.2) is 24.3 Å². The summed E-state index contributed by atoms with van der Waals surface area (Å²) in [5.41, 5.74) is -0.841. The molecule has 0 radical (unpaired) electrons. The number of carbonyl (C=O) groups excluding carboxylic acids is 7. The number of halogens is 3. The van der Waals surface area contributed by atoms with Crippen LogP contribution in [0.5, 0.6) is 0 Å². The molecule has 0 bridgehead atoms. The van der Waals surface area contributed by atoms with E-state index in [0.717, 1.165) is 19.3 Å². The molecule has 2 fully saturated rings. The highest BCUT2D eigenvalue weighted by molar-refractivity contribution is 6.38. The van der Waals surface area contributed by atoms with Crippen molar-refractivity contribution >= 4 is 41.4 Å². The molecule has 0 spiro atoms. The van der Waals surface area contributed by atoms with Crippen LogP contribution in [-0.4, -0.2) is 114 Å². The number of carbonyl (C=O) groups is 7. The number of amides is 6. The van der Waals surface area contributed by atoms with Gasteiger partial charge in [-0.2, -0.15) is 13.2 Å². The maximum atomic E-state index is 14.0. The van der Waals surface area contributed by atoms with E-state index in [1.807, 2.05) is 12.2 Å². The normalized spacial score (nSPS) is 20.9. The van der Waals surface area contributed by atoms with Crippen molar-refractivity contribution in [2.24, 2.45) is 11.8 Å². The van der Waals surface area contributed by atoms with Crippen LogP contribution >= 0.6 is 0 Å². The molecule has 0 aromatic carbocycles. The molecule has 1 saturated heterocycles. The Morgan fingerprint density at radius 2 is 1.56 bits per heavy atom. The largest absolute Gasteiger partial charge is 0.444 e. The third kappa shape index (κ3) is 13.8. The van der Waals surface area contributed by atoms with Gasteiger partial charge in [0.2, 0.25) is 29.4 Å². The number of Topliss-reactive ketones (excluding diaryl/α,β-unsaturated/α-hetero) is 1. The molecule has 6 amide bonds. The minimum Gasteiger partial charge on any atom is -0.444 e. The molecule has 17 heteroatoms. The zero-order chi connectivity index (χ0) is 40.2. The average Bonchev–Trinajstić information content (AvgIpc) is 3.44. The number of hydrogen-bond donors (Lipinski definition) is 4. The van der Waals surface area contributed by atoms with Crippen LogP contribution in [0.25, 0.3) is 0 Å². The van der Waals surface area contributed by atoms with Gasteiger partial charge in [0.1, 0.15) is 23.7 Å². The lowest BCUT2D eigenvalue weighted by molar-refractivity contribution is -0.147. The summed E-state index contributed by atoms with van der Waals surface area (Å²) in [4.78, 5) is 94.9. The predicted molar refractivity (Wildman–Crippen MR) is 191 cm³/mol. The van der Waals surface area contributed by atoms with Gasteiger partial charge in [-0.25, -0.2) is 4.79 Å². The van der Waals surface area contributed by atoms with Gasteiger partial charge in [-0.1, -0.05) is 43.6 Å². The summed E-state index contributed by atoms with van der Waals surface area (Å²) in [6, 6.07) is -5.11. The molecular formula is C37H55F3N6O8. The van der Waals surface area contributed by atoms with Crippen LogP contribution in [0, 0.1) is 11.8 Å². The highest BCUT2D eigenvalue weighted by atomic mass is 19.4. The maximum Gasteiger partial charge on any atom is 0.408 e. The van der Waals surface area contributed by atoms with Crippen molar-refractivity contribution in [3.05, 3.63) is 24.3 Å². The van der Waals surface area contributed by atoms with Gasteiger partial charge in [0, 0.05) is 33.0 Å². The number of likely N-dealkylation sites (N-methyl/N-ethyl adjacent to an activating group) is 1. The third-order valence-electron chi connectivity index (χ3n) is 9.60. The lowest BCUT2D eigenvalue weighted by atomic mass is 9.83. The Morgan fingerprint density at radius 1 is 0.870 bits per heavy atom. The molecule has 5 unspecified atom stereocenters. The Hall–Kier alpha value is -4.44. The summed E-state index contributed by atoms with van der Waals surface area (Å²) in [7, 11) is 3.04. The smallest absolute Gasteiger partial charge is 0.408 e. The summed E-state index contributed by atoms with van der Waals surface area (Å²) in [5.74, 6) is -6.12. The Bertz CT molecular complexity index is 1440. The zero-order valence-electron chi connectivity index (χ0n) is 31.8. The van der Waals surface area contributed by atoms with Gasteiger partial charge in [-0.05, 0) is 71.6 Å². The van der Waals surface area contributed by atoms with E-state index in [9.17, 15) is 46.7 Å². The van der Waals surface area contributed by atoms with Crippen molar-refractivity contribution in [1.82, 2.24) is 31.1 Å². The first kappa shape index (κ1) is 44.0. The lowest BCUT2D eigenvalue weighted by Gasteiger charge is -2.35. The fraction of sp³-hybridized carbons (Fsp3) is 0.703. The summed E-state index contributed by atoms with van der Waals surface area (Å²) >= 11 is 0. The van der Waals surface area contributed by atoms with Crippen molar-refractivity contribution in [1.29, 1.82) is 0 Å². The number of likely N-dealkylation sites (tertiary alicyclic amines) is 1. The fourth-order valence-corrected chi connectivity index (χ4v) is 6.91. The zero-order valence-corrected chi connectivity index (χ0v) is 31.8. The highest BCUT2D eigenvalue weighted by Crippen LogP contribution is 2.30. The van der Waals surface area contributed by atoms with Gasteiger partial charge in [0.15, 0.2) is 0 Å². The second kappa shape index (κ2) is 19.8. The van der Waals surface area contributed by atoms with E-state index in [1.54, 1.807) is 32.9 Å². The Labute approximate surface area is 314 Å². The number of allylic oxidation sites excluding steroid dienone is 3. The number of nitrogens with zero attached hydrogens (tertiary/aromatic N) is 2. The molecule has 3 aliphatic rings. The first-order chi connectivity index (χ1) is 25.3. The quantitative estimate of drug-likeness (QED) is 0.195. The van der Waals surface area contributed by atoms with Crippen molar-refractivity contribution in [2.45, 2.75) is 127 Å². The first-order valence-corrected chi connectivity index (χ1v) is 18.6. The summed E-state index contributed by atoms with van der Waals surface area (Å²) in [6.07, 6.45) is 4.90. The highest BCUT2D eigenvalue weighted by Gasteiger charge is 2.43. The van der Waals surface area contributed by atoms with Crippen LogP contribution in [0.4, 0.5) is 18.0 Å². The molecular weight excluding hydrogens is 713 g/mol. The first-order valence-electron chi connectivity index (χ1n) is 18.6. The van der Waals surface area contributed by atoms with E-state index in [0.29, 0.717) is 32.1 Å². The molecule has 1 saturated carbocycles. The van der Waals surface area contributed by atoms with Gasteiger partial charge in [-0.15, -0.1) is 0 Å². The molecule has 2 aliphatic carbocycles. The summed E-state index contributed by atoms with van der Waals surface area (Å²) in [6.45, 7) is 4.38. The molecule has 54 heavy (non-hydrogen) atoms. The van der Waals surface area contributed by atoms with Gasteiger partial charge < -0.3 is 35.8 Å². The van der Waals surface area contributed by atoms with Gasteiger partial charge in [-0.3, -0.25) is 28.8 Å². The van der Waals surface area contributed by atoms with E-state index in [1.165, 1.54) is 23.9 Å². The number of alkyl carbamates (subject to hydrolysis) is 1. The van der Waals surface area contributed by atoms with Gasteiger partial charge in [0.05, 0.1) is 12.6 Å². The topological polar surface area (TPSA) is 183 Å². The number of hydrogen-bond acceptors (Lipinski definition) is 8. The Morgan fingerprint density at radius 3 is 2.19 bits per heavy atom. The number of ketones is 1. The molecule has 1 heterocycles. The molecule has 1 aliphatic heterocycles. The van der Waals surface area contributed by atoms with Crippen molar-refractivity contribution < 1.29 is 51.5 Å². The molecule has 4 N–H and O–H groups in total. The van der Waals surface area contributed by atoms with Crippen molar-refractivity contribution in [3.8, 4) is 0 Å². The standard InChI is InChI=1S/C37H55F3N6O8/c1-36(2,3)54-35(53)44-29(24-16-11-8-12-17-24)34(52)46-21-13-18-26(46)31(49)42-25(19-20-37(38,39)40)30(48)32(50)41-22-27(47)43-28(33(51)45(4)5)23-14-9-6-7-10-15-23/h6-7,9,14,23-26,28-29H,8,10-13,15-22H2,1-5H3,(H,41,50)(H,42,49)(H,43,47)(H,44,53). The number of rotatable bonds is 14. The van der Waals surface area contributed by atoms with E-state index >= 15 is 0 Å². The molecule has 3 rings (SSSR count). The molecule has 302 valence electrons. The molecule has 14 nitrogen and oxygen atoms in total. The number of ether oxygens (including phenoxy) is 1. The van der Waals surface area contributed by atoms with Crippen LogP contribution in [0.2, 0.25) is 0 Å². The van der Waals surface area contributed by atoms with E-state index in [2.05, 4.69) is 21.3 Å². The van der Waals surface area contributed by atoms with Gasteiger partial charge >= 0.3 is 12.3 Å².